The topological polar surface area (TPSA) is 61.4 Å². The lowest BCUT2D eigenvalue weighted by Crippen LogP contribution is -2.50. The van der Waals surface area contributed by atoms with Gasteiger partial charge in [0.05, 0.1) is 0 Å². The van der Waals surface area contributed by atoms with Gasteiger partial charge >= 0.3 is 0 Å². The number of nitrogens with zero attached hydrogens (tertiary/aromatic N) is 1. The summed E-state index contributed by atoms with van der Waals surface area (Å²) in [5.41, 5.74) is 0. The summed E-state index contributed by atoms with van der Waals surface area (Å²) in [5.74, 6) is 1.26. The normalized spacial score (nSPS) is 22.9. The van der Waals surface area contributed by atoms with Gasteiger partial charge in [-0.2, -0.15) is 29.2 Å². The van der Waals surface area contributed by atoms with Gasteiger partial charge in [0.15, 0.2) is 0 Å². The van der Waals surface area contributed by atoms with Gasteiger partial charge in [0, 0.05) is 24.9 Å². The van der Waals surface area contributed by atoms with E-state index >= 15 is 0 Å². The monoisotopic (exact) mass is 323 g/mol. The number of thioether (sulfide) groups is 1. The summed E-state index contributed by atoms with van der Waals surface area (Å²) < 4.78 is 29.3. The summed E-state index contributed by atoms with van der Waals surface area (Å²) in [7, 11) is -3.33. The summed E-state index contributed by atoms with van der Waals surface area (Å²) in [5, 5.41) is 3.32. The van der Waals surface area contributed by atoms with Gasteiger partial charge in [0.1, 0.15) is 0 Å². The SMILES string of the molecule is CCNCC1CCCN(S(=O)(=O)NC(CC)CSC)C1. The molecule has 0 spiro atoms. The lowest BCUT2D eigenvalue weighted by Gasteiger charge is -2.33. The van der Waals surface area contributed by atoms with Crippen LogP contribution < -0.4 is 10.0 Å². The van der Waals surface area contributed by atoms with Crippen molar-refractivity contribution in [1.29, 1.82) is 0 Å². The van der Waals surface area contributed by atoms with E-state index in [-0.39, 0.29) is 6.04 Å². The minimum atomic E-state index is -3.33. The van der Waals surface area contributed by atoms with Gasteiger partial charge < -0.3 is 5.32 Å². The third kappa shape index (κ3) is 5.89. The van der Waals surface area contributed by atoms with Gasteiger partial charge in [-0.15, -0.1) is 0 Å². The fourth-order valence-electron chi connectivity index (χ4n) is 2.48. The number of nitrogens with one attached hydrogen (secondary N) is 2. The molecule has 7 heteroatoms. The molecule has 1 fully saturated rings. The van der Waals surface area contributed by atoms with Crippen LogP contribution in [0.15, 0.2) is 0 Å². The Morgan fingerprint density at radius 2 is 2.15 bits per heavy atom. The first-order valence-electron chi connectivity index (χ1n) is 7.50. The third-order valence-electron chi connectivity index (χ3n) is 3.68. The fraction of sp³-hybridized carbons (Fsp3) is 1.00. The van der Waals surface area contributed by atoms with E-state index in [0.29, 0.717) is 19.0 Å². The maximum absolute atomic E-state index is 12.4. The quantitative estimate of drug-likeness (QED) is 0.671. The zero-order valence-corrected chi connectivity index (χ0v) is 14.5. The van der Waals surface area contributed by atoms with Crippen LogP contribution in [0.2, 0.25) is 0 Å². The molecule has 0 aromatic carbocycles. The molecule has 2 atom stereocenters. The first-order chi connectivity index (χ1) is 9.53. The van der Waals surface area contributed by atoms with Crippen LogP contribution in [-0.4, -0.2) is 57.0 Å². The van der Waals surface area contributed by atoms with Crippen LogP contribution in [0.3, 0.4) is 0 Å². The number of hydrogen-bond acceptors (Lipinski definition) is 4. The highest BCUT2D eigenvalue weighted by atomic mass is 32.2. The minimum Gasteiger partial charge on any atom is -0.317 e. The fourth-order valence-corrected chi connectivity index (χ4v) is 4.91. The molecule has 0 bridgehead atoms. The Hall–Kier alpha value is 0.180. The second-order valence-electron chi connectivity index (χ2n) is 5.36. The van der Waals surface area contributed by atoms with Gasteiger partial charge in [-0.1, -0.05) is 13.8 Å². The Kier molecular flexibility index (Phi) is 8.43. The lowest BCUT2D eigenvalue weighted by molar-refractivity contribution is 0.257. The summed E-state index contributed by atoms with van der Waals surface area (Å²) in [4.78, 5) is 0. The van der Waals surface area contributed by atoms with Crippen molar-refractivity contribution in [1.82, 2.24) is 14.3 Å². The predicted octanol–water partition coefficient (Wildman–Crippen LogP) is 1.28. The van der Waals surface area contributed by atoms with E-state index in [1.54, 1.807) is 16.1 Å². The van der Waals surface area contributed by atoms with Crippen LogP contribution >= 0.6 is 11.8 Å². The number of rotatable bonds is 9. The van der Waals surface area contributed by atoms with Crippen molar-refractivity contribution >= 4 is 22.0 Å². The largest absolute Gasteiger partial charge is 0.317 e. The van der Waals surface area contributed by atoms with Crippen molar-refractivity contribution < 1.29 is 8.42 Å². The van der Waals surface area contributed by atoms with Crippen LogP contribution in [0.4, 0.5) is 0 Å². The highest BCUT2D eigenvalue weighted by Gasteiger charge is 2.29. The van der Waals surface area contributed by atoms with Crippen molar-refractivity contribution in [3.8, 4) is 0 Å². The van der Waals surface area contributed by atoms with Crippen molar-refractivity contribution in [2.75, 3.05) is 38.2 Å². The highest BCUT2D eigenvalue weighted by molar-refractivity contribution is 7.98. The molecule has 2 unspecified atom stereocenters. The molecular formula is C13H29N3O2S2. The average molecular weight is 324 g/mol. The molecule has 1 heterocycles. The molecule has 5 nitrogen and oxygen atoms in total. The van der Waals surface area contributed by atoms with Gasteiger partial charge in [0.2, 0.25) is 0 Å². The molecule has 1 aliphatic heterocycles. The summed E-state index contributed by atoms with van der Waals surface area (Å²) in [6.45, 7) is 7.23. The summed E-state index contributed by atoms with van der Waals surface area (Å²) >= 11 is 1.68. The van der Waals surface area contributed by atoms with Gasteiger partial charge in [-0.3, -0.25) is 0 Å². The number of hydrogen-bond donors (Lipinski definition) is 2. The molecule has 0 aromatic heterocycles. The van der Waals surface area contributed by atoms with E-state index in [1.165, 1.54) is 0 Å². The molecule has 2 N–H and O–H groups in total. The molecule has 0 saturated carbocycles. The van der Waals surface area contributed by atoms with Crippen molar-refractivity contribution in [3.05, 3.63) is 0 Å². The molecule has 120 valence electrons. The zero-order chi connectivity index (χ0) is 15.0. The van der Waals surface area contributed by atoms with Gasteiger partial charge in [-0.05, 0) is 44.5 Å². The smallest absolute Gasteiger partial charge is 0.279 e. The van der Waals surface area contributed by atoms with Crippen LogP contribution in [-0.2, 0) is 10.2 Å². The molecular weight excluding hydrogens is 294 g/mol. The maximum Gasteiger partial charge on any atom is 0.279 e. The molecule has 1 rings (SSSR count). The second kappa shape index (κ2) is 9.25. The van der Waals surface area contributed by atoms with Crippen LogP contribution in [0.5, 0.6) is 0 Å². The first-order valence-corrected chi connectivity index (χ1v) is 10.3. The molecule has 0 aliphatic carbocycles. The van der Waals surface area contributed by atoms with Crippen LogP contribution in [0.1, 0.15) is 33.1 Å². The van der Waals surface area contributed by atoms with E-state index in [2.05, 4.69) is 17.0 Å². The van der Waals surface area contributed by atoms with Gasteiger partial charge in [-0.25, -0.2) is 0 Å². The molecule has 1 saturated heterocycles. The van der Waals surface area contributed by atoms with Crippen molar-refractivity contribution in [2.45, 2.75) is 39.2 Å². The molecule has 0 amide bonds. The Morgan fingerprint density at radius 3 is 2.75 bits per heavy atom. The molecule has 0 aromatic rings. The number of piperidine rings is 1. The van der Waals surface area contributed by atoms with E-state index in [4.69, 9.17) is 0 Å². The Morgan fingerprint density at radius 1 is 1.40 bits per heavy atom. The lowest BCUT2D eigenvalue weighted by atomic mass is 10.00. The molecule has 1 aliphatic rings. The van der Waals surface area contributed by atoms with E-state index in [1.807, 2.05) is 13.2 Å². The first kappa shape index (κ1) is 18.2. The van der Waals surface area contributed by atoms with E-state index in [9.17, 15) is 8.42 Å². The summed E-state index contributed by atoms with van der Waals surface area (Å²) in [6.07, 6.45) is 4.90. The summed E-state index contributed by atoms with van der Waals surface area (Å²) in [6, 6.07) is 0.0316. The van der Waals surface area contributed by atoms with Crippen LogP contribution in [0.25, 0.3) is 0 Å². The van der Waals surface area contributed by atoms with Crippen LogP contribution in [0, 0.1) is 5.92 Å². The average Bonchev–Trinajstić information content (AvgIpc) is 2.44. The Balaban J connectivity index is 2.57. The third-order valence-corrected chi connectivity index (χ3v) is 6.06. The zero-order valence-electron chi connectivity index (χ0n) is 12.9. The predicted molar refractivity (Wildman–Crippen MR) is 87.4 cm³/mol. The van der Waals surface area contributed by atoms with Crippen molar-refractivity contribution in [3.63, 3.8) is 0 Å². The standard InChI is InChI=1S/C13H29N3O2S2/c1-4-13(11-19-3)15-20(17,18)16-8-6-7-12(10-16)9-14-5-2/h12-15H,4-11H2,1-3H3. The molecule has 0 radical (unpaired) electrons. The van der Waals surface area contributed by atoms with Crippen molar-refractivity contribution in [2.24, 2.45) is 5.92 Å². The van der Waals surface area contributed by atoms with E-state index < -0.39 is 10.2 Å². The second-order valence-corrected chi connectivity index (χ2v) is 7.97. The highest BCUT2D eigenvalue weighted by Crippen LogP contribution is 2.18. The minimum absolute atomic E-state index is 0.0316. The Labute approximate surface area is 128 Å². The van der Waals surface area contributed by atoms with Gasteiger partial charge in [0.25, 0.3) is 10.2 Å². The molecule has 20 heavy (non-hydrogen) atoms. The maximum atomic E-state index is 12.4. The Bertz CT molecular complexity index is 363. The van der Waals surface area contributed by atoms with E-state index in [0.717, 1.165) is 38.1 Å².